The largest absolute Gasteiger partial charge is 0.497 e. The van der Waals surface area contributed by atoms with Crippen LogP contribution < -0.4 is 10.5 Å². The molecule has 1 heterocycles. The monoisotopic (exact) mass is 346 g/mol. The van der Waals surface area contributed by atoms with Crippen molar-refractivity contribution in [3.05, 3.63) is 59.7 Å². The minimum Gasteiger partial charge on any atom is -0.497 e. The number of nitrogens with zero attached hydrogens (tertiary/aromatic N) is 1. The Morgan fingerprint density at radius 3 is 2.38 bits per heavy atom. The third kappa shape index (κ3) is 5.15. The lowest BCUT2D eigenvalue weighted by Gasteiger charge is -2.32. The van der Waals surface area contributed by atoms with E-state index in [-0.39, 0.29) is 12.4 Å². The van der Waals surface area contributed by atoms with Gasteiger partial charge in [0, 0.05) is 12.2 Å². The van der Waals surface area contributed by atoms with Crippen molar-refractivity contribution in [3.8, 4) is 5.75 Å². The number of hydrogen-bond donors (Lipinski definition) is 1. The number of rotatable bonds is 5. The minimum absolute atomic E-state index is 0. The number of halogens is 1. The SMILES string of the molecule is COc1ccc(CC2CCN(Cc3cccc(N)c3)CC2)cc1.Cl. The number of piperidine rings is 1. The van der Waals surface area contributed by atoms with Crippen molar-refractivity contribution in [1.29, 1.82) is 0 Å². The molecule has 0 saturated carbocycles. The van der Waals surface area contributed by atoms with Crippen LogP contribution in [0.3, 0.4) is 0 Å². The first-order valence-corrected chi connectivity index (χ1v) is 8.42. The highest BCUT2D eigenvalue weighted by molar-refractivity contribution is 5.85. The second-order valence-corrected chi connectivity index (χ2v) is 6.52. The maximum absolute atomic E-state index is 5.86. The van der Waals surface area contributed by atoms with Gasteiger partial charge in [-0.15, -0.1) is 12.4 Å². The van der Waals surface area contributed by atoms with Gasteiger partial charge >= 0.3 is 0 Å². The van der Waals surface area contributed by atoms with Crippen LogP contribution in [0.15, 0.2) is 48.5 Å². The fraction of sp³-hybridized carbons (Fsp3) is 0.400. The Balaban J connectivity index is 0.00000208. The van der Waals surface area contributed by atoms with Crippen LogP contribution in [0, 0.1) is 5.92 Å². The lowest BCUT2D eigenvalue weighted by Crippen LogP contribution is -2.33. The van der Waals surface area contributed by atoms with Crippen molar-refractivity contribution < 1.29 is 4.74 Å². The first kappa shape index (κ1) is 18.6. The molecule has 0 bridgehead atoms. The first-order chi connectivity index (χ1) is 11.2. The maximum atomic E-state index is 5.86. The van der Waals surface area contributed by atoms with E-state index in [1.807, 2.05) is 12.1 Å². The molecule has 0 unspecified atom stereocenters. The Labute approximate surface area is 151 Å². The predicted molar refractivity (Wildman–Crippen MR) is 103 cm³/mol. The molecule has 2 N–H and O–H groups in total. The lowest BCUT2D eigenvalue weighted by atomic mass is 9.90. The highest BCUT2D eigenvalue weighted by Gasteiger charge is 2.19. The number of ether oxygens (including phenoxy) is 1. The van der Waals surface area contributed by atoms with Crippen molar-refractivity contribution in [2.24, 2.45) is 5.92 Å². The standard InChI is InChI=1S/C20H26N2O.ClH/c1-23-20-7-5-16(6-8-20)13-17-9-11-22(12-10-17)15-18-3-2-4-19(21)14-18;/h2-8,14,17H,9-13,15,21H2,1H3;1H. The van der Waals surface area contributed by atoms with Crippen LogP contribution in [0.2, 0.25) is 0 Å². The smallest absolute Gasteiger partial charge is 0.118 e. The van der Waals surface area contributed by atoms with Gasteiger partial charge in [0.25, 0.3) is 0 Å². The summed E-state index contributed by atoms with van der Waals surface area (Å²) in [6.45, 7) is 3.37. The molecule has 24 heavy (non-hydrogen) atoms. The summed E-state index contributed by atoms with van der Waals surface area (Å²) in [6, 6.07) is 16.7. The Kier molecular flexibility index (Phi) is 6.95. The van der Waals surface area contributed by atoms with Gasteiger partial charge in [-0.05, 0) is 73.7 Å². The Bertz CT molecular complexity index is 622. The number of nitrogen functional groups attached to an aromatic ring is 1. The molecule has 0 radical (unpaired) electrons. The number of likely N-dealkylation sites (tertiary alicyclic amines) is 1. The number of nitrogens with two attached hydrogens (primary N) is 1. The molecular formula is C20H27ClN2O. The summed E-state index contributed by atoms with van der Waals surface area (Å²) in [5.74, 6) is 1.73. The Hall–Kier alpha value is -1.71. The van der Waals surface area contributed by atoms with E-state index >= 15 is 0 Å². The minimum atomic E-state index is 0. The van der Waals surface area contributed by atoms with Gasteiger partial charge in [0.2, 0.25) is 0 Å². The third-order valence-electron chi connectivity index (χ3n) is 4.75. The summed E-state index contributed by atoms with van der Waals surface area (Å²) < 4.78 is 5.22. The quantitative estimate of drug-likeness (QED) is 0.826. The highest BCUT2D eigenvalue weighted by atomic mass is 35.5. The van der Waals surface area contributed by atoms with Crippen LogP contribution in [0.1, 0.15) is 24.0 Å². The van der Waals surface area contributed by atoms with Crippen molar-refractivity contribution in [1.82, 2.24) is 4.90 Å². The third-order valence-corrected chi connectivity index (χ3v) is 4.75. The molecule has 3 nitrogen and oxygen atoms in total. The van der Waals surface area contributed by atoms with Gasteiger partial charge in [0.15, 0.2) is 0 Å². The van der Waals surface area contributed by atoms with E-state index in [9.17, 15) is 0 Å². The van der Waals surface area contributed by atoms with Crippen LogP contribution in [0.5, 0.6) is 5.75 Å². The van der Waals surface area contributed by atoms with Crippen molar-refractivity contribution in [2.45, 2.75) is 25.8 Å². The number of hydrogen-bond acceptors (Lipinski definition) is 3. The van der Waals surface area contributed by atoms with Crippen LogP contribution in [0.25, 0.3) is 0 Å². The fourth-order valence-electron chi connectivity index (χ4n) is 3.39. The zero-order valence-electron chi connectivity index (χ0n) is 14.3. The van der Waals surface area contributed by atoms with Crippen LogP contribution in [-0.4, -0.2) is 25.1 Å². The van der Waals surface area contributed by atoms with E-state index in [1.54, 1.807) is 7.11 Å². The summed E-state index contributed by atoms with van der Waals surface area (Å²) in [5.41, 5.74) is 9.46. The first-order valence-electron chi connectivity index (χ1n) is 8.42. The summed E-state index contributed by atoms with van der Waals surface area (Å²) in [5, 5.41) is 0. The second kappa shape index (κ2) is 8.95. The summed E-state index contributed by atoms with van der Waals surface area (Å²) in [4.78, 5) is 2.54. The van der Waals surface area contributed by atoms with E-state index in [0.29, 0.717) is 0 Å². The van der Waals surface area contributed by atoms with Crippen LogP contribution in [0.4, 0.5) is 5.69 Å². The van der Waals surface area contributed by atoms with Crippen molar-refractivity contribution in [3.63, 3.8) is 0 Å². The zero-order valence-corrected chi connectivity index (χ0v) is 15.1. The molecule has 2 aromatic rings. The van der Waals surface area contributed by atoms with E-state index in [0.717, 1.165) is 23.9 Å². The van der Waals surface area contributed by atoms with Gasteiger partial charge in [0.05, 0.1) is 7.11 Å². The second-order valence-electron chi connectivity index (χ2n) is 6.52. The summed E-state index contributed by atoms with van der Waals surface area (Å²) >= 11 is 0. The van der Waals surface area contributed by atoms with Crippen LogP contribution >= 0.6 is 12.4 Å². The Morgan fingerprint density at radius 1 is 1.04 bits per heavy atom. The van der Waals surface area contributed by atoms with Crippen molar-refractivity contribution in [2.75, 3.05) is 25.9 Å². The summed E-state index contributed by atoms with van der Waals surface area (Å²) in [7, 11) is 1.71. The van der Waals surface area contributed by atoms with Gasteiger partial charge < -0.3 is 10.5 Å². The van der Waals surface area contributed by atoms with E-state index < -0.39 is 0 Å². The molecule has 1 aliphatic rings. The molecular weight excluding hydrogens is 320 g/mol. The van der Waals surface area contributed by atoms with Crippen molar-refractivity contribution >= 4 is 18.1 Å². The molecule has 4 heteroatoms. The maximum Gasteiger partial charge on any atom is 0.118 e. The predicted octanol–water partition coefficient (Wildman–Crippen LogP) is 4.15. The zero-order chi connectivity index (χ0) is 16.1. The van der Waals surface area contributed by atoms with Gasteiger partial charge in [-0.1, -0.05) is 24.3 Å². The molecule has 3 rings (SSSR count). The Morgan fingerprint density at radius 2 is 1.75 bits per heavy atom. The van der Waals surface area contributed by atoms with Gasteiger partial charge in [-0.3, -0.25) is 4.90 Å². The molecule has 0 aromatic heterocycles. The number of benzene rings is 2. The molecule has 0 amide bonds. The average molecular weight is 347 g/mol. The average Bonchev–Trinajstić information content (AvgIpc) is 2.57. The van der Waals surface area contributed by atoms with E-state index in [1.165, 1.54) is 43.5 Å². The molecule has 0 aliphatic carbocycles. The molecule has 0 spiro atoms. The molecule has 2 aromatic carbocycles. The molecule has 130 valence electrons. The van der Waals surface area contributed by atoms with Crippen LogP contribution in [-0.2, 0) is 13.0 Å². The van der Waals surface area contributed by atoms with E-state index in [4.69, 9.17) is 10.5 Å². The fourth-order valence-corrected chi connectivity index (χ4v) is 3.39. The number of anilines is 1. The van der Waals surface area contributed by atoms with E-state index in [2.05, 4.69) is 41.3 Å². The molecule has 1 saturated heterocycles. The lowest BCUT2D eigenvalue weighted by molar-refractivity contribution is 0.177. The molecule has 1 fully saturated rings. The molecule has 0 atom stereocenters. The summed E-state index contributed by atoms with van der Waals surface area (Å²) in [6.07, 6.45) is 3.72. The van der Waals surface area contributed by atoms with Gasteiger partial charge in [-0.2, -0.15) is 0 Å². The highest BCUT2D eigenvalue weighted by Crippen LogP contribution is 2.24. The van der Waals surface area contributed by atoms with Gasteiger partial charge in [0.1, 0.15) is 5.75 Å². The topological polar surface area (TPSA) is 38.5 Å². The molecule has 1 aliphatic heterocycles. The van der Waals surface area contributed by atoms with Gasteiger partial charge in [-0.25, -0.2) is 0 Å². The number of methoxy groups -OCH3 is 1. The normalized spacial score (nSPS) is 15.7.